The molecule has 3 aromatic rings. The summed E-state index contributed by atoms with van der Waals surface area (Å²) in [5, 5.41) is 4.45. The van der Waals surface area contributed by atoms with E-state index in [9.17, 15) is 4.79 Å². The third kappa shape index (κ3) is 4.80. The van der Waals surface area contributed by atoms with Crippen LogP contribution in [0, 0.1) is 6.92 Å². The Balaban J connectivity index is 1.72. The van der Waals surface area contributed by atoms with Crippen molar-refractivity contribution in [1.29, 1.82) is 0 Å². The third-order valence-corrected chi connectivity index (χ3v) is 5.51. The number of anilines is 1. The second kappa shape index (κ2) is 9.79. The highest BCUT2D eigenvalue weighted by atomic mass is 16.5. The van der Waals surface area contributed by atoms with E-state index in [0.29, 0.717) is 31.9 Å². The number of aromatic nitrogens is 1. The topological polar surface area (TPSA) is 58.8 Å². The Labute approximate surface area is 183 Å². The lowest BCUT2D eigenvalue weighted by Gasteiger charge is -2.28. The number of benzene rings is 2. The summed E-state index contributed by atoms with van der Waals surface area (Å²) in [5.74, 6) is 0.758. The largest absolute Gasteiger partial charge is 0.378 e. The zero-order chi connectivity index (χ0) is 21.6. The van der Waals surface area contributed by atoms with Crippen molar-refractivity contribution in [3.8, 4) is 11.3 Å². The number of ether oxygens (including phenoxy) is 1. The van der Waals surface area contributed by atoms with E-state index < -0.39 is 0 Å². The zero-order valence-corrected chi connectivity index (χ0v) is 18.2. The summed E-state index contributed by atoms with van der Waals surface area (Å²) < 4.78 is 11.4. The normalized spacial score (nSPS) is 13.9. The average Bonchev–Trinajstić information content (AvgIpc) is 3.23. The molecule has 2 aromatic carbocycles. The highest BCUT2D eigenvalue weighted by Gasteiger charge is 2.27. The van der Waals surface area contributed by atoms with Gasteiger partial charge in [-0.05, 0) is 31.5 Å². The molecule has 6 heteroatoms. The van der Waals surface area contributed by atoms with Gasteiger partial charge in [0.2, 0.25) is 5.88 Å². The maximum absolute atomic E-state index is 13.3. The van der Waals surface area contributed by atoms with Crippen LogP contribution in [0.15, 0.2) is 59.1 Å². The molecule has 1 fully saturated rings. The predicted octanol–water partition coefficient (Wildman–Crippen LogP) is 4.54. The van der Waals surface area contributed by atoms with Crippen molar-refractivity contribution in [3.63, 3.8) is 0 Å². The predicted molar refractivity (Wildman–Crippen MR) is 121 cm³/mol. The number of rotatable bonds is 7. The number of nitrogens with zero attached hydrogens (tertiary/aromatic N) is 3. The molecule has 6 nitrogen and oxygen atoms in total. The van der Waals surface area contributed by atoms with Gasteiger partial charge in [0.25, 0.3) is 5.91 Å². The molecule has 0 spiro atoms. The molecule has 1 aliphatic heterocycles. The van der Waals surface area contributed by atoms with Crippen molar-refractivity contribution >= 4 is 11.8 Å². The molecule has 0 atom stereocenters. The van der Waals surface area contributed by atoms with E-state index in [1.807, 2.05) is 47.4 Å². The summed E-state index contributed by atoms with van der Waals surface area (Å²) in [6.45, 7) is 8.06. The monoisotopic (exact) mass is 419 g/mol. The first-order chi connectivity index (χ1) is 15.2. The van der Waals surface area contributed by atoms with Crippen LogP contribution < -0.4 is 4.90 Å². The van der Waals surface area contributed by atoms with Gasteiger partial charge < -0.3 is 19.1 Å². The molecule has 0 aliphatic carbocycles. The molecule has 31 heavy (non-hydrogen) atoms. The average molecular weight is 420 g/mol. The molecular weight excluding hydrogens is 390 g/mol. The van der Waals surface area contributed by atoms with Crippen LogP contribution >= 0.6 is 0 Å². The second-order valence-electron chi connectivity index (χ2n) is 7.88. The van der Waals surface area contributed by atoms with Crippen LogP contribution in [0.25, 0.3) is 11.3 Å². The van der Waals surface area contributed by atoms with E-state index in [-0.39, 0.29) is 5.91 Å². The Morgan fingerprint density at radius 1 is 1.10 bits per heavy atom. The highest BCUT2D eigenvalue weighted by molar-refractivity contribution is 5.94. The smallest absolute Gasteiger partial charge is 0.254 e. The van der Waals surface area contributed by atoms with E-state index >= 15 is 0 Å². The fourth-order valence-electron chi connectivity index (χ4n) is 3.95. The summed E-state index contributed by atoms with van der Waals surface area (Å²) in [6, 6.07) is 17.7. The van der Waals surface area contributed by atoms with E-state index in [1.54, 1.807) is 0 Å². The molecule has 2 heterocycles. The summed E-state index contributed by atoms with van der Waals surface area (Å²) in [4.78, 5) is 17.4. The molecule has 1 saturated heterocycles. The van der Waals surface area contributed by atoms with Crippen molar-refractivity contribution in [2.45, 2.75) is 26.8 Å². The van der Waals surface area contributed by atoms with E-state index in [4.69, 9.17) is 9.26 Å². The van der Waals surface area contributed by atoms with Crippen LogP contribution in [-0.4, -0.2) is 48.8 Å². The van der Waals surface area contributed by atoms with Gasteiger partial charge in [-0.2, -0.15) is 0 Å². The van der Waals surface area contributed by atoms with Gasteiger partial charge in [0, 0.05) is 30.8 Å². The number of aryl methyl sites for hydroxylation is 1. The number of hydrogen-bond acceptors (Lipinski definition) is 5. The number of carbonyl (C=O) groups is 1. The molecule has 162 valence electrons. The minimum Gasteiger partial charge on any atom is -0.378 e. The zero-order valence-electron chi connectivity index (χ0n) is 18.2. The van der Waals surface area contributed by atoms with Crippen molar-refractivity contribution in [1.82, 2.24) is 10.1 Å². The summed E-state index contributed by atoms with van der Waals surface area (Å²) in [6.07, 6.45) is 0.872. The molecule has 1 aromatic heterocycles. The van der Waals surface area contributed by atoms with Gasteiger partial charge in [-0.3, -0.25) is 4.79 Å². The SMILES string of the molecule is CCCN(Cc1c(-c2cccc(C)c2)noc1N1CCOCC1)C(=O)c1ccccc1. The molecule has 0 unspecified atom stereocenters. The van der Waals surface area contributed by atoms with Crippen LogP contribution in [0.2, 0.25) is 0 Å². The summed E-state index contributed by atoms with van der Waals surface area (Å²) in [7, 11) is 0. The Bertz CT molecular complexity index is 1010. The minimum absolute atomic E-state index is 0.0202. The molecule has 1 amide bonds. The maximum atomic E-state index is 13.3. The molecule has 0 radical (unpaired) electrons. The molecule has 1 aliphatic rings. The number of amides is 1. The van der Waals surface area contributed by atoms with Gasteiger partial charge in [0.15, 0.2) is 0 Å². The quantitative estimate of drug-likeness (QED) is 0.563. The Kier molecular flexibility index (Phi) is 6.67. The third-order valence-electron chi connectivity index (χ3n) is 5.51. The van der Waals surface area contributed by atoms with Gasteiger partial charge in [-0.15, -0.1) is 0 Å². The molecule has 0 saturated carbocycles. The van der Waals surface area contributed by atoms with E-state index in [0.717, 1.165) is 47.8 Å². The lowest BCUT2D eigenvalue weighted by Crippen LogP contribution is -2.37. The van der Waals surface area contributed by atoms with Crippen molar-refractivity contribution in [2.24, 2.45) is 0 Å². The summed E-state index contributed by atoms with van der Waals surface area (Å²) >= 11 is 0. The van der Waals surface area contributed by atoms with Crippen LogP contribution in [0.4, 0.5) is 5.88 Å². The van der Waals surface area contributed by atoms with Gasteiger partial charge >= 0.3 is 0 Å². The van der Waals surface area contributed by atoms with Gasteiger partial charge in [0.05, 0.1) is 25.3 Å². The second-order valence-corrected chi connectivity index (χ2v) is 7.88. The van der Waals surface area contributed by atoms with E-state index in [1.165, 1.54) is 0 Å². The molecular formula is C25H29N3O3. The Morgan fingerprint density at radius 2 is 1.87 bits per heavy atom. The number of hydrogen-bond donors (Lipinski definition) is 0. The Hall–Kier alpha value is -3.12. The minimum atomic E-state index is 0.0202. The van der Waals surface area contributed by atoms with Crippen molar-refractivity contribution in [2.75, 3.05) is 37.7 Å². The van der Waals surface area contributed by atoms with Crippen LogP contribution in [-0.2, 0) is 11.3 Å². The number of carbonyl (C=O) groups excluding carboxylic acids is 1. The molecule has 0 bridgehead atoms. The Morgan fingerprint density at radius 3 is 2.58 bits per heavy atom. The fraction of sp³-hybridized carbons (Fsp3) is 0.360. The van der Waals surface area contributed by atoms with Gasteiger partial charge in [-0.1, -0.05) is 54.0 Å². The van der Waals surface area contributed by atoms with Crippen LogP contribution in [0.1, 0.15) is 34.8 Å². The van der Waals surface area contributed by atoms with Crippen LogP contribution in [0.3, 0.4) is 0 Å². The first kappa shape index (κ1) is 21.1. The van der Waals surface area contributed by atoms with Gasteiger partial charge in [-0.25, -0.2) is 0 Å². The first-order valence-corrected chi connectivity index (χ1v) is 10.9. The maximum Gasteiger partial charge on any atom is 0.254 e. The molecule has 4 rings (SSSR count). The van der Waals surface area contributed by atoms with Crippen molar-refractivity contribution in [3.05, 3.63) is 71.3 Å². The lowest BCUT2D eigenvalue weighted by atomic mass is 10.0. The van der Waals surface area contributed by atoms with E-state index in [2.05, 4.69) is 36.0 Å². The highest BCUT2D eigenvalue weighted by Crippen LogP contribution is 2.33. The number of morpholine rings is 1. The van der Waals surface area contributed by atoms with Crippen LogP contribution in [0.5, 0.6) is 0 Å². The first-order valence-electron chi connectivity index (χ1n) is 10.9. The molecule has 0 N–H and O–H groups in total. The standard InChI is InChI=1S/C25H29N3O3/c1-3-12-28(24(29)20-9-5-4-6-10-20)18-22-23(21-11-7-8-19(2)17-21)26-31-25(22)27-13-15-30-16-14-27/h4-11,17H,3,12-16,18H2,1-2H3. The summed E-state index contributed by atoms with van der Waals surface area (Å²) in [5.41, 5.74) is 4.60. The fourth-order valence-corrected chi connectivity index (χ4v) is 3.95. The van der Waals surface area contributed by atoms with Gasteiger partial charge in [0.1, 0.15) is 5.69 Å². The lowest BCUT2D eigenvalue weighted by molar-refractivity contribution is 0.0743. The van der Waals surface area contributed by atoms with Crippen molar-refractivity contribution < 1.29 is 14.1 Å².